The van der Waals surface area contributed by atoms with Crippen LogP contribution in [0.25, 0.3) is 0 Å². The van der Waals surface area contributed by atoms with Crippen LogP contribution in [0.15, 0.2) is 0 Å². The van der Waals surface area contributed by atoms with Crippen LogP contribution in [0, 0.1) is 0 Å². The SMILES string of the molecule is CCN1CCC=[N+]2CCCC12. The van der Waals surface area contributed by atoms with Crippen LogP contribution in [0.1, 0.15) is 26.2 Å². The summed E-state index contributed by atoms with van der Waals surface area (Å²) in [4.78, 5) is 2.59. The lowest BCUT2D eigenvalue weighted by Gasteiger charge is -2.26. The fourth-order valence-electron chi connectivity index (χ4n) is 2.28. The van der Waals surface area contributed by atoms with E-state index in [4.69, 9.17) is 0 Å². The molecule has 0 aromatic rings. The van der Waals surface area contributed by atoms with Gasteiger partial charge in [-0.1, -0.05) is 6.92 Å². The Morgan fingerprint density at radius 3 is 3.36 bits per heavy atom. The van der Waals surface area contributed by atoms with Crippen molar-refractivity contribution in [2.24, 2.45) is 0 Å². The highest BCUT2D eigenvalue weighted by atomic mass is 15.3. The van der Waals surface area contributed by atoms with Crippen LogP contribution >= 0.6 is 0 Å². The van der Waals surface area contributed by atoms with Gasteiger partial charge in [0.05, 0.1) is 0 Å². The molecule has 0 bridgehead atoms. The minimum absolute atomic E-state index is 0.758. The van der Waals surface area contributed by atoms with E-state index in [-0.39, 0.29) is 0 Å². The van der Waals surface area contributed by atoms with E-state index in [1.807, 2.05) is 0 Å². The summed E-state index contributed by atoms with van der Waals surface area (Å²) in [5.74, 6) is 0. The molecule has 0 amide bonds. The second-order valence-corrected chi connectivity index (χ2v) is 3.46. The molecular weight excluding hydrogens is 136 g/mol. The first-order valence-corrected chi connectivity index (χ1v) is 4.75. The Bertz CT molecular complexity index is 174. The molecule has 1 saturated heterocycles. The zero-order chi connectivity index (χ0) is 7.68. The number of nitrogens with zero attached hydrogens (tertiary/aromatic N) is 2. The Hall–Kier alpha value is -0.370. The molecule has 0 aliphatic carbocycles. The van der Waals surface area contributed by atoms with Gasteiger partial charge in [0.1, 0.15) is 12.8 Å². The van der Waals surface area contributed by atoms with Gasteiger partial charge in [-0.3, -0.25) is 0 Å². The van der Waals surface area contributed by atoms with E-state index >= 15 is 0 Å². The number of fused-ring (bicyclic) bond motifs is 1. The molecule has 0 radical (unpaired) electrons. The minimum atomic E-state index is 0.758. The summed E-state index contributed by atoms with van der Waals surface area (Å²) in [6.07, 6.45) is 7.17. The number of hydrogen-bond donors (Lipinski definition) is 0. The fourth-order valence-corrected chi connectivity index (χ4v) is 2.28. The highest BCUT2D eigenvalue weighted by molar-refractivity contribution is 5.52. The van der Waals surface area contributed by atoms with Gasteiger partial charge in [-0.05, 0) is 0 Å². The maximum atomic E-state index is 2.59. The van der Waals surface area contributed by atoms with E-state index in [9.17, 15) is 0 Å². The van der Waals surface area contributed by atoms with Crippen molar-refractivity contribution in [3.8, 4) is 0 Å². The summed E-state index contributed by atoms with van der Waals surface area (Å²) < 4.78 is 2.52. The van der Waals surface area contributed by atoms with Gasteiger partial charge in [-0.15, -0.1) is 0 Å². The van der Waals surface area contributed by atoms with Crippen LogP contribution in [0.5, 0.6) is 0 Å². The van der Waals surface area contributed by atoms with Gasteiger partial charge in [0.2, 0.25) is 6.17 Å². The lowest BCUT2D eigenvalue weighted by molar-refractivity contribution is -0.570. The molecular formula is C9H17N2+. The third kappa shape index (κ3) is 1.20. The quantitative estimate of drug-likeness (QED) is 0.508. The van der Waals surface area contributed by atoms with E-state index in [1.54, 1.807) is 0 Å². The Morgan fingerprint density at radius 2 is 2.55 bits per heavy atom. The van der Waals surface area contributed by atoms with Crippen molar-refractivity contribution in [2.75, 3.05) is 19.6 Å². The van der Waals surface area contributed by atoms with E-state index < -0.39 is 0 Å². The van der Waals surface area contributed by atoms with Gasteiger partial charge in [-0.25, -0.2) is 9.48 Å². The predicted molar refractivity (Wildman–Crippen MR) is 46.1 cm³/mol. The van der Waals surface area contributed by atoms with Crippen molar-refractivity contribution in [3.05, 3.63) is 0 Å². The lowest BCUT2D eigenvalue weighted by Crippen LogP contribution is -2.44. The Labute approximate surface area is 68.5 Å². The standard InChI is InChI=1S/C9H17N2/c1-2-10-7-4-8-11-6-3-5-9(10)11/h8-9H,2-7H2,1H3/q+1. The van der Waals surface area contributed by atoms with E-state index in [0.717, 1.165) is 6.17 Å². The normalized spacial score (nSPS) is 31.7. The summed E-state index contributed by atoms with van der Waals surface area (Å²) in [5, 5.41) is 0. The number of rotatable bonds is 1. The van der Waals surface area contributed by atoms with Crippen molar-refractivity contribution in [1.82, 2.24) is 4.90 Å². The van der Waals surface area contributed by atoms with Crippen LogP contribution < -0.4 is 0 Å². The van der Waals surface area contributed by atoms with E-state index in [0.29, 0.717) is 0 Å². The largest absolute Gasteiger partial charge is 0.245 e. The molecule has 1 atom stereocenters. The van der Waals surface area contributed by atoms with Gasteiger partial charge in [0.25, 0.3) is 0 Å². The third-order valence-electron chi connectivity index (χ3n) is 2.87. The second-order valence-electron chi connectivity index (χ2n) is 3.46. The maximum absolute atomic E-state index is 2.59. The van der Waals surface area contributed by atoms with Crippen LogP contribution in [0.4, 0.5) is 0 Å². The number of hydrogen-bond acceptors (Lipinski definition) is 1. The van der Waals surface area contributed by atoms with Gasteiger partial charge in [0, 0.05) is 32.4 Å². The summed E-state index contributed by atoms with van der Waals surface area (Å²) in [7, 11) is 0. The lowest BCUT2D eigenvalue weighted by atomic mass is 10.2. The molecule has 1 unspecified atom stereocenters. The zero-order valence-electron chi connectivity index (χ0n) is 7.29. The highest BCUT2D eigenvalue weighted by Crippen LogP contribution is 2.18. The molecule has 0 aromatic carbocycles. The molecule has 11 heavy (non-hydrogen) atoms. The second kappa shape index (κ2) is 2.94. The average Bonchev–Trinajstić information content (AvgIpc) is 2.50. The maximum Gasteiger partial charge on any atom is 0.208 e. The van der Waals surface area contributed by atoms with Gasteiger partial charge in [-0.2, -0.15) is 0 Å². The van der Waals surface area contributed by atoms with E-state index in [2.05, 4.69) is 22.6 Å². The first kappa shape index (κ1) is 7.29. The smallest absolute Gasteiger partial charge is 0.208 e. The molecule has 2 aliphatic rings. The van der Waals surface area contributed by atoms with E-state index in [1.165, 1.54) is 38.9 Å². The van der Waals surface area contributed by atoms with Crippen molar-refractivity contribution in [3.63, 3.8) is 0 Å². The Morgan fingerprint density at radius 1 is 1.64 bits per heavy atom. The predicted octanol–water partition coefficient (Wildman–Crippen LogP) is 0.915. The summed E-state index contributed by atoms with van der Waals surface area (Å²) in [6.45, 7) is 6.05. The highest BCUT2D eigenvalue weighted by Gasteiger charge is 2.34. The molecule has 1 fully saturated rings. The molecule has 2 rings (SSSR count). The van der Waals surface area contributed by atoms with Crippen molar-refractivity contribution in [2.45, 2.75) is 32.4 Å². The minimum Gasteiger partial charge on any atom is -0.245 e. The van der Waals surface area contributed by atoms with Crippen molar-refractivity contribution >= 4 is 6.21 Å². The van der Waals surface area contributed by atoms with Gasteiger partial charge >= 0.3 is 0 Å². The summed E-state index contributed by atoms with van der Waals surface area (Å²) in [5.41, 5.74) is 0. The third-order valence-corrected chi connectivity index (χ3v) is 2.87. The van der Waals surface area contributed by atoms with Crippen LogP contribution in [-0.2, 0) is 0 Å². The molecule has 2 nitrogen and oxygen atoms in total. The van der Waals surface area contributed by atoms with Crippen LogP contribution in [-0.4, -0.2) is 41.5 Å². The molecule has 2 aliphatic heterocycles. The zero-order valence-corrected chi connectivity index (χ0v) is 7.29. The van der Waals surface area contributed by atoms with Gasteiger partial charge in [0.15, 0.2) is 0 Å². The first-order valence-electron chi connectivity index (χ1n) is 4.75. The molecule has 0 saturated carbocycles. The van der Waals surface area contributed by atoms with Crippen LogP contribution in [0.2, 0.25) is 0 Å². The molecule has 2 heteroatoms. The molecule has 2 heterocycles. The van der Waals surface area contributed by atoms with Gasteiger partial charge < -0.3 is 0 Å². The Kier molecular flexibility index (Phi) is 1.95. The molecule has 0 spiro atoms. The van der Waals surface area contributed by atoms with Crippen LogP contribution in [0.3, 0.4) is 0 Å². The molecule has 0 aromatic heterocycles. The fraction of sp³-hybridized carbons (Fsp3) is 0.889. The first-order chi connectivity index (χ1) is 5.42. The summed E-state index contributed by atoms with van der Waals surface area (Å²) in [6, 6.07) is 0. The topological polar surface area (TPSA) is 6.25 Å². The molecule has 0 N–H and O–H groups in total. The monoisotopic (exact) mass is 153 g/mol. The average molecular weight is 153 g/mol. The van der Waals surface area contributed by atoms with Crippen molar-refractivity contribution in [1.29, 1.82) is 0 Å². The Balaban J connectivity index is 2.12. The molecule has 62 valence electrons. The summed E-state index contributed by atoms with van der Waals surface area (Å²) >= 11 is 0. The van der Waals surface area contributed by atoms with Crippen molar-refractivity contribution < 1.29 is 4.58 Å².